The quantitative estimate of drug-likeness (QED) is 0.707. The van der Waals surface area contributed by atoms with Gasteiger partial charge < -0.3 is 9.42 Å². The maximum Gasteiger partial charge on any atom is 0.254 e. The Balaban J connectivity index is 1.63. The molecular weight excluding hydrogens is 326 g/mol. The lowest BCUT2D eigenvalue weighted by Gasteiger charge is -2.22. The maximum absolute atomic E-state index is 13.0. The van der Waals surface area contributed by atoms with E-state index in [4.69, 9.17) is 4.52 Å². The molecule has 3 aromatic rings. The fourth-order valence-electron chi connectivity index (χ4n) is 3.54. The zero-order valence-corrected chi connectivity index (χ0v) is 15.0. The third kappa shape index (κ3) is 2.90. The van der Waals surface area contributed by atoms with Crippen molar-refractivity contribution in [1.29, 1.82) is 0 Å². The van der Waals surface area contributed by atoms with Gasteiger partial charge in [-0.25, -0.2) is 0 Å². The van der Waals surface area contributed by atoms with Crippen molar-refractivity contribution < 1.29 is 9.32 Å². The summed E-state index contributed by atoms with van der Waals surface area (Å²) in [6.45, 7) is 4.69. The molecule has 0 N–H and O–H groups in total. The second-order valence-corrected chi connectivity index (χ2v) is 6.74. The third-order valence-corrected chi connectivity index (χ3v) is 5.00. The van der Waals surface area contributed by atoms with Gasteiger partial charge in [-0.3, -0.25) is 4.79 Å². The number of amides is 1. The highest BCUT2D eigenvalue weighted by atomic mass is 16.5. The van der Waals surface area contributed by atoms with Crippen LogP contribution in [0, 0.1) is 13.8 Å². The maximum atomic E-state index is 13.0. The van der Waals surface area contributed by atoms with Crippen LogP contribution < -0.4 is 0 Å². The summed E-state index contributed by atoms with van der Waals surface area (Å²) in [5, 5.41) is 4.15. The summed E-state index contributed by atoms with van der Waals surface area (Å²) < 4.78 is 5.55. The van der Waals surface area contributed by atoms with Crippen molar-refractivity contribution >= 4 is 5.91 Å². The van der Waals surface area contributed by atoms with Crippen molar-refractivity contribution in [2.45, 2.75) is 32.7 Å². The highest BCUT2D eigenvalue weighted by molar-refractivity contribution is 5.96. The molecule has 1 amide bonds. The molecule has 1 saturated heterocycles. The van der Waals surface area contributed by atoms with Gasteiger partial charge in [-0.2, -0.15) is 4.98 Å². The lowest BCUT2D eigenvalue weighted by atomic mass is 10.1. The Labute approximate surface area is 152 Å². The van der Waals surface area contributed by atoms with E-state index >= 15 is 0 Å². The molecule has 0 unspecified atom stereocenters. The number of aryl methyl sites for hydroxylation is 2. The molecular formula is C21H21N3O2. The number of hydrogen-bond acceptors (Lipinski definition) is 4. The molecule has 0 bridgehead atoms. The number of likely N-dealkylation sites (tertiary alicyclic amines) is 1. The molecule has 0 aliphatic carbocycles. The predicted octanol–water partition coefficient (Wildman–Crippen LogP) is 4.33. The Morgan fingerprint density at radius 3 is 2.58 bits per heavy atom. The molecule has 5 heteroatoms. The van der Waals surface area contributed by atoms with E-state index in [0.29, 0.717) is 18.3 Å². The zero-order valence-electron chi connectivity index (χ0n) is 15.0. The molecule has 132 valence electrons. The van der Waals surface area contributed by atoms with Gasteiger partial charge in [0.15, 0.2) is 0 Å². The monoisotopic (exact) mass is 347 g/mol. The zero-order chi connectivity index (χ0) is 18.1. The number of rotatable bonds is 3. The van der Waals surface area contributed by atoms with Gasteiger partial charge in [0.1, 0.15) is 6.04 Å². The average Bonchev–Trinajstić information content (AvgIpc) is 3.31. The number of aromatic nitrogens is 2. The summed E-state index contributed by atoms with van der Waals surface area (Å²) >= 11 is 0. The summed E-state index contributed by atoms with van der Waals surface area (Å²) in [5.41, 5.74) is 3.77. The van der Waals surface area contributed by atoms with E-state index in [-0.39, 0.29) is 11.9 Å². The summed E-state index contributed by atoms with van der Waals surface area (Å²) in [5.74, 6) is 1.12. The van der Waals surface area contributed by atoms with Gasteiger partial charge in [-0.1, -0.05) is 47.6 Å². The number of hydrogen-bond donors (Lipinski definition) is 0. The SMILES string of the molecule is Cc1ccccc1C(=O)N1CCC[C@H]1c1nc(-c2ccccc2C)no1. The minimum atomic E-state index is -0.160. The first kappa shape index (κ1) is 16.5. The van der Waals surface area contributed by atoms with Crippen LogP contribution in [0.1, 0.15) is 46.3 Å². The Kier molecular flexibility index (Phi) is 4.29. The molecule has 1 aliphatic rings. The topological polar surface area (TPSA) is 59.2 Å². The summed E-state index contributed by atoms with van der Waals surface area (Å²) in [4.78, 5) is 19.5. The number of carbonyl (C=O) groups is 1. The van der Waals surface area contributed by atoms with E-state index in [9.17, 15) is 4.79 Å². The molecule has 0 radical (unpaired) electrons. The number of benzene rings is 2. The standard InChI is InChI=1S/C21H21N3O2/c1-14-8-3-5-10-16(14)19-22-20(26-23-19)18-12-7-13-24(18)21(25)17-11-6-4-9-15(17)2/h3-6,8-11,18H,7,12-13H2,1-2H3/t18-/m0/s1. The minimum Gasteiger partial charge on any atom is -0.337 e. The summed E-state index contributed by atoms with van der Waals surface area (Å²) in [6, 6.07) is 15.5. The second-order valence-electron chi connectivity index (χ2n) is 6.74. The Morgan fingerprint density at radius 2 is 1.81 bits per heavy atom. The molecule has 1 aromatic heterocycles. The van der Waals surface area contributed by atoms with E-state index in [1.54, 1.807) is 0 Å². The lowest BCUT2D eigenvalue weighted by molar-refractivity contribution is 0.0709. The van der Waals surface area contributed by atoms with Crippen molar-refractivity contribution in [3.8, 4) is 11.4 Å². The molecule has 2 aromatic carbocycles. The molecule has 1 atom stereocenters. The van der Waals surface area contributed by atoms with Crippen molar-refractivity contribution in [3.05, 3.63) is 71.1 Å². The Morgan fingerprint density at radius 1 is 1.08 bits per heavy atom. The van der Waals surface area contributed by atoms with Crippen LogP contribution in [0.4, 0.5) is 0 Å². The molecule has 1 fully saturated rings. The van der Waals surface area contributed by atoms with Crippen LogP contribution >= 0.6 is 0 Å². The lowest BCUT2D eigenvalue weighted by Crippen LogP contribution is -2.31. The molecule has 26 heavy (non-hydrogen) atoms. The van der Waals surface area contributed by atoms with Crippen LogP contribution in [-0.4, -0.2) is 27.5 Å². The molecule has 0 saturated carbocycles. The fraction of sp³-hybridized carbons (Fsp3) is 0.286. The van der Waals surface area contributed by atoms with E-state index in [1.165, 1.54) is 0 Å². The average molecular weight is 347 g/mol. The van der Waals surface area contributed by atoms with Crippen molar-refractivity contribution in [3.63, 3.8) is 0 Å². The van der Waals surface area contributed by atoms with Crippen LogP contribution in [0.25, 0.3) is 11.4 Å². The summed E-state index contributed by atoms with van der Waals surface area (Å²) in [6.07, 6.45) is 1.78. The molecule has 1 aliphatic heterocycles. The normalized spacial score (nSPS) is 16.8. The first-order valence-corrected chi connectivity index (χ1v) is 8.91. The van der Waals surface area contributed by atoms with E-state index < -0.39 is 0 Å². The van der Waals surface area contributed by atoms with Crippen molar-refractivity contribution in [2.75, 3.05) is 6.54 Å². The van der Waals surface area contributed by atoms with Crippen LogP contribution in [0.15, 0.2) is 53.1 Å². The van der Waals surface area contributed by atoms with E-state index in [2.05, 4.69) is 10.1 Å². The van der Waals surface area contributed by atoms with Gasteiger partial charge in [-0.05, 0) is 43.9 Å². The van der Waals surface area contributed by atoms with E-state index in [1.807, 2.05) is 67.3 Å². The third-order valence-electron chi connectivity index (χ3n) is 5.00. The van der Waals surface area contributed by atoms with E-state index in [0.717, 1.165) is 35.1 Å². The van der Waals surface area contributed by atoms with Crippen LogP contribution in [0.3, 0.4) is 0 Å². The highest BCUT2D eigenvalue weighted by Gasteiger charge is 2.35. The van der Waals surface area contributed by atoms with Gasteiger partial charge in [-0.15, -0.1) is 0 Å². The van der Waals surface area contributed by atoms with Gasteiger partial charge in [0.25, 0.3) is 5.91 Å². The Bertz CT molecular complexity index is 948. The highest BCUT2D eigenvalue weighted by Crippen LogP contribution is 2.34. The van der Waals surface area contributed by atoms with Crippen molar-refractivity contribution in [1.82, 2.24) is 15.0 Å². The second kappa shape index (κ2) is 6.75. The van der Waals surface area contributed by atoms with Crippen LogP contribution in [0.5, 0.6) is 0 Å². The van der Waals surface area contributed by atoms with Gasteiger partial charge in [0, 0.05) is 17.7 Å². The van der Waals surface area contributed by atoms with Crippen LogP contribution in [-0.2, 0) is 0 Å². The van der Waals surface area contributed by atoms with Gasteiger partial charge >= 0.3 is 0 Å². The number of carbonyl (C=O) groups excluding carboxylic acids is 1. The summed E-state index contributed by atoms with van der Waals surface area (Å²) in [7, 11) is 0. The van der Waals surface area contributed by atoms with Gasteiger partial charge in [0.05, 0.1) is 0 Å². The number of nitrogens with zero attached hydrogens (tertiary/aromatic N) is 3. The fourth-order valence-corrected chi connectivity index (χ4v) is 3.54. The first-order valence-electron chi connectivity index (χ1n) is 8.91. The van der Waals surface area contributed by atoms with Gasteiger partial charge in [0.2, 0.25) is 11.7 Å². The van der Waals surface area contributed by atoms with Crippen molar-refractivity contribution in [2.24, 2.45) is 0 Å². The Hall–Kier alpha value is -2.95. The minimum absolute atomic E-state index is 0.0289. The molecule has 0 spiro atoms. The smallest absolute Gasteiger partial charge is 0.254 e. The first-order chi connectivity index (χ1) is 12.6. The molecule has 2 heterocycles. The predicted molar refractivity (Wildman–Crippen MR) is 98.7 cm³/mol. The largest absolute Gasteiger partial charge is 0.337 e. The molecule has 4 rings (SSSR count). The molecule has 5 nitrogen and oxygen atoms in total. The van der Waals surface area contributed by atoms with Crippen LogP contribution in [0.2, 0.25) is 0 Å².